The Hall–Kier alpha value is -8.86. The summed E-state index contributed by atoms with van der Waals surface area (Å²) in [4.78, 5) is 21.2. The summed E-state index contributed by atoms with van der Waals surface area (Å²) in [6.45, 7) is 0. The summed E-state index contributed by atoms with van der Waals surface area (Å²) < 4.78 is 0. The molecule has 310 valence electrons. The van der Waals surface area contributed by atoms with Gasteiger partial charge in [-0.05, 0) is 76.9 Å². The Kier molecular flexibility index (Phi) is 10.9. The lowest BCUT2D eigenvalue weighted by Crippen LogP contribution is -1.96. The van der Waals surface area contributed by atoms with Crippen LogP contribution in [0, 0.1) is 0 Å². The van der Waals surface area contributed by atoms with E-state index in [0.29, 0.717) is 0 Å². The molecule has 66 heavy (non-hydrogen) atoms. The van der Waals surface area contributed by atoms with Crippen LogP contribution in [0.15, 0.2) is 255 Å². The van der Waals surface area contributed by atoms with Crippen molar-refractivity contribution in [1.29, 1.82) is 0 Å². The Morgan fingerprint density at radius 3 is 0.606 bits per heavy atom. The average Bonchev–Trinajstić information content (AvgIpc) is 3.42. The SMILES string of the molecule is c1ccc(-c2cc(-c3cccc(-c4cc(-c5ccccc5)cc(-c5cc(-c6ccccc6)nc(-c6ccccc6)c5)n4)c3)nc(-c3cc(-c4ccccc4)nc(-c4ccccc4)c3)c2)cc1. The summed E-state index contributed by atoms with van der Waals surface area (Å²) >= 11 is 0. The molecule has 0 atom stereocenters. The summed E-state index contributed by atoms with van der Waals surface area (Å²) in [5, 5.41) is 0. The summed E-state index contributed by atoms with van der Waals surface area (Å²) in [5.41, 5.74) is 19.5. The van der Waals surface area contributed by atoms with Crippen LogP contribution in [0.4, 0.5) is 0 Å². The van der Waals surface area contributed by atoms with E-state index in [1.54, 1.807) is 0 Å². The highest BCUT2D eigenvalue weighted by atomic mass is 14.8. The van der Waals surface area contributed by atoms with Crippen molar-refractivity contribution >= 4 is 0 Å². The lowest BCUT2D eigenvalue weighted by molar-refractivity contribution is 1.28. The Labute approximate surface area is 385 Å². The molecule has 4 heterocycles. The highest BCUT2D eigenvalue weighted by molar-refractivity contribution is 5.84. The first-order valence-corrected chi connectivity index (χ1v) is 22.2. The molecular formula is C62H42N4. The first-order valence-electron chi connectivity index (χ1n) is 22.2. The van der Waals surface area contributed by atoms with E-state index in [4.69, 9.17) is 19.9 Å². The highest BCUT2D eigenvalue weighted by Crippen LogP contribution is 2.37. The Bertz CT molecular complexity index is 3090. The zero-order valence-electron chi connectivity index (χ0n) is 36.0. The van der Waals surface area contributed by atoms with Crippen LogP contribution >= 0.6 is 0 Å². The van der Waals surface area contributed by atoms with Gasteiger partial charge in [-0.15, -0.1) is 0 Å². The maximum Gasteiger partial charge on any atom is 0.0717 e. The molecule has 0 aliphatic carbocycles. The van der Waals surface area contributed by atoms with Crippen LogP contribution in [0.5, 0.6) is 0 Å². The molecule has 4 heteroatoms. The van der Waals surface area contributed by atoms with Crippen molar-refractivity contribution < 1.29 is 0 Å². The van der Waals surface area contributed by atoms with E-state index in [1.165, 1.54) is 0 Å². The van der Waals surface area contributed by atoms with E-state index in [1.807, 2.05) is 24.3 Å². The van der Waals surface area contributed by atoms with E-state index in [0.717, 1.165) is 112 Å². The lowest BCUT2D eigenvalue weighted by atomic mass is 9.96. The Morgan fingerprint density at radius 1 is 0.136 bits per heavy atom. The predicted octanol–water partition coefficient (Wildman–Crippen LogP) is 15.9. The van der Waals surface area contributed by atoms with Crippen LogP contribution in [0.25, 0.3) is 112 Å². The lowest BCUT2D eigenvalue weighted by Gasteiger charge is -2.15. The first kappa shape index (κ1) is 40.0. The van der Waals surface area contributed by atoms with Gasteiger partial charge in [0, 0.05) is 44.5 Å². The normalized spacial score (nSPS) is 11.0. The second kappa shape index (κ2) is 18.1. The quantitative estimate of drug-likeness (QED) is 0.138. The minimum absolute atomic E-state index is 0.862. The van der Waals surface area contributed by atoms with Gasteiger partial charge in [0.05, 0.1) is 45.6 Å². The minimum Gasteiger partial charge on any atom is -0.248 e. The third-order valence-electron chi connectivity index (χ3n) is 11.8. The van der Waals surface area contributed by atoms with Gasteiger partial charge in [0.2, 0.25) is 0 Å². The molecule has 0 unspecified atom stereocenters. The largest absolute Gasteiger partial charge is 0.248 e. The second-order valence-electron chi connectivity index (χ2n) is 16.3. The van der Waals surface area contributed by atoms with Gasteiger partial charge in [-0.25, -0.2) is 19.9 Å². The van der Waals surface area contributed by atoms with Gasteiger partial charge in [-0.1, -0.05) is 200 Å². The molecule has 11 rings (SSSR count). The highest BCUT2D eigenvalue weighted by Gasteiger charge is 2.17. The van der Waals surface area contributed by atoms with Crippen molar-refractivity contribution in [2.45, 2.75) is 0 Å². The van der Waals surface area contributed by atoms with E-state index in [2.05, 4.69) is 231 Å². The zero-order chi connectivity index (χ0) is 44.1. The second-order valence-corrected chi connectivity index (χ2v) is 16.3. The molecule has 4 aromatic heterocycles. The molecule has 0 spiro atoms. The van der Waals surface area contributed by atoms with Crippen LogP contribution in [0.1, 0.15) is 0 Å². The maximum atomic E-state index is 5.46. The fourth-order valence-corrected chi connectivity index (χ4v) is 8.47. The molecule has 0 aliphatic heterocycles. The number of rotatable bonds is 10. The van der Waals surface area contributed by atoms with E-state index in [9.17, 15) is 0 Å². The molecule has 0 amide bonds. The average molecular weight is 843 g/mol. The fourth-order valence-electron chi connectivity index (χ4n) is 8.47. The van der Waals surface area contributed by atoms with Crippen LogP contribution in [-0.4, -0.2) is 19.9 Å². The number of pyridine rings is 4. The molecular weight excluding hydrogens is 801 g/mol. The number of nitrogens with zero attached hydrogens (tertiary/aromatic N) is 4. The Balaban J connectivity index is 1.07. The molecule has 7 aromatic carbocycles. The van der Waals surface area contributed by atoms with Crippen LogP contribution in [0.2, 0.25) is 0 Å². The van der Waals surface area contributed by atoms with Crippen molar-refractivity contribution in [2.75, 3.05) is 0 Å². The molecule has 0 saturated heterocycles. The van der Waals surface area contributed by atoms with E-state index < -0.39 is 0 Å². The van der Waals surface area contributed by atoms with Crippen molar-refractivity contribution in [3.8, 4) is 112 Å². The van der Waals surface area contributed by atoms with Gasteiger partial charge in [-0.3, -0.25) is 0 Å². The fraction of sp³-hybridized carbons (Fsp3) is 0. The molecule has 0 fully saturated rings. The van der Waals surface area contributed by atoms with Gasteiger partial charge in [0.15, 0.2) is 0 Å². The standard InChI is InChI=1S/C62H42N4/c1-7-20-43(21-8-1)51-35-59(65-61(37-51)53-39-55(45-24-11-3-12-25-45)63-56(40-53)46-26-13-4-14-27-46)49-32-19-33-50(34-49)60-36-52(44-22-9-2-10-23-44)38-62(66-60)54-41-57(47-28-15-5-16-29-47)64-58(42-54)48-30-17-6-18-31-48/h1-42H. The van der Waals surface area contributed by atoms with Crippen LogP contribution in [0.3, 0.4) is 0 Å². The summed E-state index contributed by atoms with van der Waals surface area (Å²) in [7, 11) is 0. The molecule has 0 N–H and O–H groups in total. The third kappa shape index (κ3) is 8.59. The molecule has 0 saturated carbocycles. The van der Waals surface area contributed by atoms with Gasteiger partial charge in [-0.2, -0.15) is 0 Å². The number of aromatic nitrogens is 4. The van der Waals surface area contributed by atoms with E-state index in [-0.39, 0.29) is 0 Å². The number of benzene rings is 7. The van der Waals surface area contributed by atoms with Crippen molar-refractivity contribution in [3.63, 3.8) is 0 Å². The van der Waals surface area contributed by atoms with Gasteiger partial charge >= 0.3 is 0 Å². The van der Waals surface area contributed by atoms with Gasteiger partial charge < -0.3 is 0 Å². The van der Waals surface area contributed by atoms with Crippen molar-refractivity contribution in [2.24, 2.45) is 0 Å². The monoisotopic (exact) mass is 842 g/mol. The smallest absolute Gasteiger partial charge is 0.0717 e. The van der Waals surface area contributed by atoms with Crippen LogP contribution < -0.4 is 0 Å². The summed E-state index contributed by atoms with van der Waals surface area (Å²) in [6, 6.07) is 88.5. The zero-order valence-corrected chi connectivity index (χ0v) is 36.0. The van der Waals surface area contributed by atoms with E-state index >= 15 is 0 Å². The maximum absolute atomic E-state index is 5.46. The topological polar surface area (TPSA) is 51.6 Å². The predicted molar refractivity (Wildman–Crippen MR) is 272 cm³/mol. The van der Waals surface area contributed by atoms with Crippen molar-refractivity contribution in [3.05, 3.63) is 255 Å². The summed E-state index contributed by atoms with van der Waals surface area (Å²) in [6.07, 6.45) is 0. The Morgan fingerprint density at radius 2 is 0.333 bits per heavy atom. The molecule has 0 aliphatic rings. The minimum atomic E-state index is 0.862. The molecule has 0 radical (unpaired) electrons. The van der Waals surface area contributed by atoms with Crippen LogP contribution in [-0.2, 0) is 0 Å². The van der Waals surface area contributed by atoms with Gasteiger partial charge in [0.1, 0.15) is 0 Å². The summed E-state index contributed by atoms with van der Waals surface area (Å²) in [5.74, 6) is 0. The van der Waals surface area contributed by atoms with Gasteiger partial charge in [0.25, 0.3) is 0 Å². The first-order chi connectivity index (χ1) is 32.7. The number of hydrogen-bond acceptors (Lipinski definition) is 4. The third-order valence-corrected chi connectivity index (χ3v) is 11.8. The molecule has 0 bridgehead atoms. The van der Waals surface area contributed by atoms with Crippen molar-refractivity contribution in [1.82, 2.24) is 19.9 Å². The molecule has 11 aromatic rings. The number of hydrogen-bond donors (Lipinski definition) is 0. The molecule has 4 nitrogen and oxygen atoms in total.